The lowest BCUT2D eigenvalue weighted by molar-refractivity contribution is -0.385. The highest BCUT2D eigenvalue weighted by Crippen LogP contribution is 2.22. The van der Waals surface area contributed by atoms with Gasteiger partial charge in [-0.15, -0.1) is 0 Å². The molecule has 6 nitrogen and oxygen atoms in total. The first kappa shape index (κ1) is 18.1. The van der Waals surface area contributed by atoms with E-state index < -0.39 is 14.9 Å². The normalized spacial score (nSPS) is 12.8. The highest BCUT2D eigenvalue weighted by atomic mass is 32.2. The van der Waals surface area contributed by atoms with Crippen LogP contribution in [0.2, 0.25) is 0 Å². The van der Waals surface area contributed by atoms with Gasteiger partial charge in [0.1, 0.15) is 0 Å². The minimum Gasteiger partial charge on any atom is -0.258 e. The Kier molecular flexibility index (Phi) is 5.69. The summed E-state index contributed by atoms with van der Waals surface area (Å²) in [6.07, 6.45) is 0.662. The zero-order chi connectivity index (χ0) is 17.7. The van der Waals surface area contributed by atoms with Gasteiger partial charge in [-0.1, -0.05) is 37.3 Å². The molecule has 0 heterocycles. The van der Waals surface area contributed by atoms with Crippen molar-refractivity contribution >= 4 is 15.7 Å². The standard InChI is InChI=1S/C17H20N2O4S/c1-13(15-6-4-3-5-7-15)10-11-18-24(22,23)17-9-8-16(19(20)21)12-14(17)2/h3-9,12-13,18H,10-11H2,1-2H3. The zero-order valence-corrected chi connectivity index (χ0v) is 14.4. The summed E-state index contributed by atoms with van der Waals surface area (Å²) >= 11 is 0. The van der Waals surface area contributed by atoms with Crippen molar-refractivity contribution in [3.05, 3.63) is 69.8 Å². The fourth-order valence-corrected chi connectivity index (χ4v) is 3.76. The number of nitro benzene ring substituents is 1. The molecule has 24 heavy (non-hydrogen) atoms. The fraction of sp³-hybridized carbons (Fsp3) is 0.294. The lowest BCUT2D eigenvalue weighted by Crippen LogP contribution is -2.26. The summed E-state index contributed by atoms with van der Waals surface area (Å²) in [4.78, 5) is 10.3. The molecule has 0 spiro atoms. The Balaban J connectivity index is 2.03. The van der Waals surface area contributed by atoms with E-state index in [2.05, 4.69) is 4.72 Å². The summed E-state index contributed by atoms with van der Waals surface area (Å²) in [6, 6.07) is 13.6. The molecule has 1 atom stereocenters. The van der Waals surface area contributed by atoms with E-state index in [1.54, 1.807) is 6.92 Å². The van der Waals surface area contributed by atoms with Crippen LogP contribution in [0.4, 0.5) is 5.69 Å². The number of sulfonamides is 1. The van der Waals surface area contributed by atoms with Gasteiger partial charge in [0.2, 0.25) is 10.0 Å². The van der Waals surface area contributed by atoms with Gasteiger partial charge in [0.05, 0.1) is 9.82 Å². The maximum atomic E-state index is 12.4. The number of hydrogen-bond acceptors (Lipinski definition) is 4. The van der Waals surface area contributed by atoms with Crippen molar-refractivity contribution in [3.8, 4) is 0 Å². The van der Waals surface area contributed by atoms with E-state index in [4.69, 9.17) is 0 Å². The maximum absolute atomic E-state index is 12.4. The van der Waals surface area contributed by atoms with Gasteiger partial charge in [0.25, 0.3) is 5.69 Å². The van der Waals surface area contributed by atoms with Crippen LogP contribution in [0, 0.1) is 17.0 Å². The van der Waals surface area contributed by atoms with Gasteiger partial charge in [-0.25, -0.2) is 13.1 Å². The zero-order valence-electron chi connectivity index (χ0n) is 13.6. The molecule has 0 radical (unpaired) electrons. The molecule has 2 rings (SSSR count). The molecule has 128 valence electrons. The first-order chi connectivity index (χ1) is 11.3. The van der Waals surface area contributed by atoms with Crippen molar-refractivity contribution in [1.82, 2.24) is 4.72 Å². The minimum atomic E-state index is -3.68. The Morgan fingerprint density at radius 2 is 1.83 bits per heavy atom. The van der Waals surface area contributed by atoms with Crippen molar-refractivity contribution in [3.63, 3.8) is 0 Å². The van der Waals surface area contributed by atoms with Crippen molar-refractivity contribution < 1.29 is 13.3 Å². The van der Waals surface area contributed by atoms with Crippen LogP contribution >= 0.6 is 0 Å². The molecular formula is C17H20N2O4S. The lowest BCUT2D eigenvalue weighted by Gasteiger charge is -2.13. The van der Waals surface area contributed by atoms with Crippen LogP contribution in [0.3, 0.4) is 0 Å². The second-order valence-electron chi connectivity index (χ2n) is 5.71. The Hall–Kier alpha value is -2.25. The van der Waals surface area contributed by atoms with E-state index in [-0.39, 0.29) is 16.5 Å². The topological polar surface area (TPSA) is 89.3 Å². The fourth-order valence-electron chi connectivity index (χ4n) is 2.48. The summed E-state index contributed by atoms with van der Waals surface area (Å²) in [5, 5.41) is 10.7. The Morgan fingerprint density at radius 3 is 2.42 bits per heavy atom. The van der Waals surface area contributed by atoms with Gasteiger partial charge in [-0.3, -0.25) is 10.1 Å². The van der Waals surface area contributed by atoms with Gasteiger partial charge in [0.15, 0.2) is 0 Å². The Morgan fingerprint density at radius 1 is 1.17 bits per heavy atom. The van der Waals surface area contributed by atoms with Crippen molar-refractivity contribution in [1.29, 1.82) is 0 Å². The van der Waals surface area contributed by atoms with Gasteiger partial charge in [0, 0.05) is 18.7 Å². The maximum Gasteiger partial charge on any atom is 0.269 e. The van der Waals surface area contributed by atoms with Crippen molar-refractivity contribution in [2.75, 3.05) is 6.54 Å². The molecule has 0 saturated carbocycles. The lowest BCUT2D eigenvalue weighted by atomic mass is 9.98. The molecule has 0 amide bonds. The van der Waals surface area contributed by atoms with Crippen molar-refractivity contribution in [2.24, 2.45) is 0 Å². The van der Waals surface area contributed by atoms with Gasteiger partial charge < -0.3 is 0 Å². The number of benzene rings is 2. The predicted octanol–water partition coefficient (Wildman–Crippen LogP) is 3.38. The average molecular weight is 348 g/mol. The summed E-state index contributed by atoms with van der Waals surface area (Å²) in [6.45, 7) is 3.89. The Bertz CT molecular complexity index is 820. The first-order valence-electron chi connectivity index (χ1n) is 7.61. The molecule has 2 aromatic carbocycles. The van der Waals surface area contributed by atoms with Gasteiger partial charge in [-0.05, 0) is 36.5 Å². The molecule has 0 aliphatic carbocycles. The molecule has 0 aromatic heterocycles. The van der Waals surface area contributed by atoms with E-state index in [9.17, 15) is 18.5 Å². The third-order valence-corrected chi connectivity index (χ3v) is 5.52. The highest BCUT2D eigenvalue weighted by molar-refractivity contribution is 7.89. The van der Waals surface area contributed by atoms with E-state index in [0.29, 0.717) is 18.5 Å². The number of hydrogen-bond donors (Lipinski definition) is 1. The molecule has 1 N–H and O–H groups in total. The summed E-state index contributed by atoms with van der Waals surface area (Å²) in [5.41, 5.74) is 1.39. The number of nitro groups is 1. The Labute approximate surface area is 141 Å². The number of rotatable bonds is 7. The van der Waals surface area contributed by atoms with Crippen LogP contribution in [-0.2, 0) is 10.0 Å². The number of nitrogens with zero attached hydrogens (tertiary/aromatic N) is 1. The van der Waals surface area contributed by atoms with Crippen molar-refractivity contribution in [2.45, 2.75) is 31.1 Å². The van der Waals surface area contributed by atoms with Gasteiger partial charge in [-0.2, -0.15) is 0 Å². The van der Waals surface area contributed by atoms with Gasteiger partial charge >= 0.3 is 0 Å². The largest absolute Gasteiger partial charge is 0.269 e. The van der Waals surface area contributed by atoms with E-state index in [1.807, 2.05) is 37.3 Å². The van der Waals surface area contributed by atoms with Crippen LogP contribution in [0.25, 0.3) is 0 Å². The number of aryl methyl sites for hydroxylation is 1. The predicted molar refractivity (Wildman–Crippen MR) is 92.5 cm³/mol. The molecule has 0 bridgehead atoms. The van der Waals surface area contributed by atoms with E-state index in [1.165, 1.54) is 18.2 Å². The molecule has 0 aliphatic heterocycles. The number of nitrogens with one attached hydrogen (secondary N) is 1. The number of non-ortho nitro benzene ring substituents is 1. The molecule has 7 heteroatoms. The second kappa shape index (κ2) is 7.55. The monoisotopic (exact) mass is 348 g/mol. The summed E-state index contributed by atoms with van der Waals surface area (Å²) in [5.74, 6) is 0.229. The van der Waals surface area contributed by atoms with Crippen LogP contribution in [0.1, 0.15) is 30.4 Å². The quantitative estimate of drug-likeness (QED) is 0.613. The molecule has 0 saturated heterocycles. The minimum absolute atomic E-state index is 0.0699. The van der Waals surface area contributed by atoms with Crippen LogP contribution in [-0.4, -0.2) is 19.9 Å². The first-order valence-corrected chi connectivity index (χ1v) is 9.09. The third kappa shape index (κ3) is 4.39. The highest BCUT2D eigenvalue weighted by Gasteiger charge is 2.19. The second-order valence-corrected chi connectivity index (χ2v) is 7.44. The average Bonchev–Trinajstić information content (AvgIpc) is 2.55. The summed E-state index contributed by atoms with van der Waals surface area (Å²) in [7, 11) is -3.68. The molecule has 0 fully saturated rings. The summed E-state index contributed by atoms with van der Waals surface area (Å²) < 4.78 is 27.3. The van der Waals surface area contributed by atoms with Crippen LogP contribution in [0.15, 0.2) is 53.4 Å². The smallest absolute Gasteiger partial charge is 0.258 e. The molecule has 2 aromatic rings. The third-order valence-electron chi connectivity index (χ3n) is 3.90. The SMILES string of the molecule is Cc1cc([N+](=O)[O-])ccc1S(=O)(=O)NCCC(C)c1ccccc1. The van der Waals surface area contributed by atoms with Crippen LogP contribution in [0.5, 0.6) is 0 Å². The van der Waals surface area contributed by atoms with Crippen LogP contribution < -0.4 is 4.72 Å². The van der Waals surface area contributed by atoms with E-state index in [0.717, 1.165) is 5.56 Å². The molecular weight excluding hydrogens is 328 g/mol. The molecule has 1 unspecified atom stereocenters. The molecule has 0 aliphatic rings. The van der Waals surface area contributed by atoms with E-state index >= 15 is 0 Å².